The minimum Gasteiger partial charge on any atom is -0.493 e. The maximum atomic E-state index is 12.3. The first kappa shape index (κ1) is 19.5. The van der Waals surface area contributed by atoms with E-state index in [0.717, 1.165) is 5.56 Å². The van der Waals surface area contributed by atoms with Crippen LogP contribution in [0.15, 0.2) is 42.5 Å². The van der Waals surface area contributed by atoms with Crippen LogP contribution in [0.2, 0.25) is 0 Å². The molecule has 0 spiro atoms. The molecule has 2 aromatic rings. The Bertz CT molecular complexity index is 946. The SMILES string of the molecule is COc1ccc(/C=C/C(=O)Nc2ccc3c(c2)C(=O)CC(C)(C)O3)cc1OC. The number of Topliss-reactive ketones (excluding diaryl/α,β-unsaturated/α-hetero) is 1. The molecule has 1 heterocycles. The van der Waals surface area contributed by atoms with Crippen molar-refractivity contribution < 1.29 is 23.8 Å². The second-order valence-electron chi connectivity index (χ2n) is 7.11. The Labute approximate surface area is 164 Å². The van der Waals surface area contributed by atoms with Crippen LogP contribution in [0.25, 0.3) is 6.08 Å². The molecule has 0 atom stereocenters. The quantitative estimate of drug-likeness (QED) is 0.790. The van der Waals surface area contributed by atoms with E-state index in [-0.39, 0.29) is 11.7 Å². The van der Waals surface area contributed by atoms with Gasteiger partial charge in [0.2, 0.25) is 5.91 Å². The summed E-state index contributed by atoms with van der Waals surface area (Å²) in [6.07, 6.45) is 3.39. The molecule has 3 rings (SSSR count). The van der Waals surface area contributed by atoms with Gasteiger partial charge >= 0.3 is 0 Å². The highest BCUT2D eigenvalue weighted by Crippen LogP contribution is 2.34. The fraction of sp³-hybridized carbons (Fsp3) is 0.273. The number of carbonyl (C=O) groups is 2. The lowest BCUT2D eigenvalue weighted by Crippen LogP contribution is -2.35. The van der Waals surface area contributed by atoms with Gasteiger partial charge in [-0.05, 0) is 55.8 Å². The topological polar surface area (TPSA) is 73.9 Å². The second-order valence-corrected chi connectivity index (χ2v) is 7.11. The highest BCUT2D eigenvalue weighted by atomic mass is 16.5. The van der Waals surface area contributed by atoms with E-state index in [1.54, 1.807) is 50.6 Å². The normalized spacial score (nSPS) is 14.9. The van der Waals surface area contributed by atoms with Crippen LogP contribution in [0, 0.1) is 0 Å². The van der Waals surface area contributed by atoms with Crippen LogP contribution in [-0.2, 0) is 4.79 Å². The van der Waals surface area contributed by atoms with Crippen molar-refractivity contribution in [1.82, 2.24) is 0 Å². The van der Waals surface area contributed by atoms with Crippen molar-refractivity contribution in [3.63, 3.8) is 0 Å². The van der Waals surface area contributed by atoms with Crippen molar-refractivity contribution in [3.8, 4) is 17.2 Å². The fourth-order valence-electron chi connectivity index (χ4n) is 3.04. The van der Waals surface area contributed by atoms with Crippen molar-refractivity contribution in [2.24, 2.45) is 0 Å². The first-order chi connectivity index (χ1) is 13.3. The van der Waals surface area contributed by atoms with E-state index in [4.69, 9.17) is 14.2 Å². The van der Waals surface area contributed by atoms with Gasteiger partial charge < -0.3 is 19.5 Å². The van der Waals surface area contributed by atoms with Gasteiger partial charge in [-0.15, -0.1) is 0 Å². The maximum Gasteiger partial charge on any atom is 0.248 e. The zero-order chi connectivity index (χ0) is 20.3. The molecule has 1 aliphatic heterocycles. The summed E-state index contributed by atoms with van der Waals surface area (Å²) >= 11 is 0. The van der Waals surface area contributed by atoms with Crippen molar-refractivity contribution in [2.75, 3.05) is 19.5 Å². The van der Waals surface area contributed by atoms with Gasteiger partial charge in [0.15, 0.2) is 17.3 Å². The van der Waals surface area contributed by atoms with Gasteiger partial charge in [0.25, 0.3) is 0 Å². The van der Waals surface area contributed by atoms with Crippen LogP contribution in [0.1, 0.15) is 36.2 Å². The third kappa shape index (κ3) is 4.34. The van der Waals surface area contributed by atoms with Crippen LogP contribution >= 0.6 is 0 Å². The number of amides is 1. The smallest absolute Gasteiger partial charge is 0.248 e. The standard InChI is InChI=1S/C22H23NO5/c1-22(2)13-17(24)16-12-15(7-9-18(16)28-22)23-21(25)10-6-14-5-8-19(26-3)20(11-14)27-4/h5-12H,13H2,1-4H3,(H,23,25)/b10-6+. The molecule has 0 fully saturated rings. The summed E-state index contributed by atoms with van der Waals surface area (Å²) in [4.78, 5) is 24.6. The molecule has 0 saturated heterocycles. The van der Waals surface area contributed by atoms with E-state index in [1.165, 1.54) is 6.08 Å². The summed E-state index contributed by atoms with van der Waals surface area (Å²) < 4.78 is 16.3. The molecule has 0 aromatic heterocycles. The number of carbonyl (C=O) groups excluding carboxylic acids is 2. The Kier molecular flexibility index (Phi) is 5.40. The van der Waals surface area contributed by atoms with Gasteiger partial charge in [-0.2, -0.15) is 0 Å². The number of hydrogen-bond donors (Lipinski definition) is 1. The van der Waals surface area contributed by atoms with E-state index < -0.39 is 5.60 Å². The molecule has 6 nitrogen and oxygen atoms in total. The molecule has 0 aliphatic carbocycles. The molecule has 1 N–H and O–H groups in total. The molecular formula is C22H23NO5. The summed E-state index contributed by atoms with van der Waals surface area (Å²) in [6, 6.07) is 10.4. The molecule has 0 bridgehead atoms. The number of ether oxygens (including phenoxy) is 3. The van der Waals surface area contributed by atoms with Crippen molar-refractivity contribution in [3.05, 3.63) is 53.6 Å². The van der Waals surface area contributed by atoms with Gasteiger partial charge in [0, 0.05) is 11.8 Å². The predicted octanol–water partition coefficient (Wildman–Crippen LogP) is 4.10. The van der Waals surface area contributed by atoms with Crippen molar-refractivity contribution in [2.45, 2.75) is 25.9 Å². The first-order valence-corrected chi connectivity index (χ1v) is 8.89. The summed E-state index contributed by atoms with van der Waals surface area (Å²) in [5.74, 6) is 1.44. The van der Waals surface area contributed by atoms with E-state index in [2.05, 4.69) is 5.32 Å². The zero-order valence-corrected chi connectivity index (χ0v) is 16.4. The average Bonchev–Trinajstić information content (AvgIpc) is 2.66. The number of rotatable bonds is 5. The third-order valence-electron chi connectivity index (χ3n) is 4.35. The molecular weight excluding hydrogens is 358 g/mol. The Balaban J connectivity index is 1.71. The molecule has 146 valence electrons. The summed E-state index contributed by atoms with van der Waals surface area (Å²) in [7, 11) is 3.12. The lowest BCUT2D eigenvalue weighted by Gasteiger charge is -2.31. The largest absolute Gasteiger partial charge is 0.493 e. The van der Waals surface area contributed by atoms with Gasteiger partial charge in [-0.3, -0.25) is 9.59 Å². The Morgan fingerprint density at radius 2 is 1.86 bits per heavy atom. The summed E-state index contributed by atoms with van der Waals surface area (Å²) in [6.45, 7) is 3.75. The number of hydrogen-bond acceptors (Lipinski definition) is 5. The Hall–Kier alpha value is -3.28. The van der Waals surface area contributed by atoms with Crippen LogP contribution < -0.4 is 19.5 Å². The van der Waals surface area contributed by atoms with Gasteiger partial charge in [0.05, 0.1) is 26.2 Å². The van der Waals surface area contributed by atoms with Crippen molar-refractivity contribution in [1.29, 1.82) is 0 Å². The van der Waals surface area contributed by atoms with Crippen LogP contribution in [-0.4, -0.2) is 31.5 Å². The number of ketones is 1. The van der Waals surface area contributed by atoms with E-state index in [1.807, 2.05) is 19.9 Å². The molecule has 28 heavy (non-hydrogen) atoms. The number of anilines is 1. The molecule has 0 saturated carbocycles. The lowest BCUT2D eigenvalue weighted by atomic mass is 9.93. The highest BCUT2D eigenvalue weighted by molar-refractivity contribution is 6.04. The van der Waals surface area contributed by atoms with E-state index >= 15 is 0 Å². The molecule has 6 heteroatoms. The second kappa shape index (κ2) is 7.76. The van der Waals surface area contributed by atoms with E-state index in [9.17, 15) is 9.59 Å². The van der Waals surface area contributed by atoms with Gasteiger partial charge in [-0.1, -0.05) is 6.07 Å². The van der Waals surface area contributed by atoms with E-state index in [0.29, 0.717) is 34.9 Å². The lowest BCUT2D eigenvalue weighted by molar-refractivity contribution is -0.111. The average molecular weight is 381 g/mol. The Morgan fingerprint density at radius 1 is 1.11 bits per heavy atom. The summed E-state index contributed by atoms with van der Waals surface area (Å²) in [5, 5.41) is 2.77. The molecule has 0 radical (unpaired) electrons. The van der Waals surface area contributed by atoms with Crippen LogP contribution in [0.4, 0.5) is 5.69 Å². The number of benzene rings is 2. The third-order valence-corrected chi connectivity index (χ3v) is 4.35. The summed E-state index contributed by atoms with van der Waals surface area (Å²) in [5.41, 5.74) is 1.30. The van der Waals surface area contributed by atoms with Gasteiger partial charge in [0.1, 0.15) is 11.4 Å². The number of methoxy groups -OCH3 is 2. The highest BCUT2D eigenvalue weighted by Gasteiger charge is 2.32. The zero-order valence-electron chi connectivity index (χ0n) is 16.4. The molecule has 1 aliphatic rings. The minimum absolute atomic E-state index is 0.00298. The van der Waals surface area contributed by atoms with Crippen LogP contribution in [0.3, 0.4) is 0 Å². The fourth-order valence-corrected chi connectivity index (χ4v) is 3.04. The monoisotopic (exact) mass is 381 g/mol. The molecule has 1 amide bonds. The number of fused-ring (bicyclic) bond motifs is 1. The Morgan fingerprint density at radius 3 is 2.57 bits per heavy atom. The molecule has 0 unspecified atom stereocenters. The van der Waals surface area contributed by atoms with Crippen molar-refractivity contribution >= 4 is 23.5 Å². The number of nitrogens with one attached hydrogen (secondary N) is 1. The first-order valence-electron chi connectivity index (χ1n) is 8.89. The molecule has 2 aromatic carbocycles. The maximum absolute atomic E-state index is 12.3. The van der Waals surface area contributed by atoms with Gasteiger partial charge in [-0.25, -0.2) is 0 Å². The predicted molar refractivity (Wildman–Crippen MR) is 107 cm³/mol. The van der Waals surface area contributed by atoms with Crippen LogP contribution in [0.5, 0.6) is 17.2 Å². The minimum atomic E-state index is -0.517.